The molecule has 1 aromatic rings. The first-order valence-corrected chi connectivity index (χ1v) is 8.34. The first kappa shape index (κ1) is 18.3. The van der Waals surface area contributed by atoms with Crippen LogP contribution in [0.5, 0.6) is 0 Å². The molecule has 1 saturated heterocycles. The molecule has 0 saturated carbocycles. The van der Waals surface area contributed by atoms with Crippen molar-refractivity contribution < 1.29 is 9.59 Å². The lowest BCUT2D eigenvalue weighted by atomic mass is 10.2. The maximum absolute atomic E-state index is 12.4. The number of rotatable bonds is 5. The molecule has 1 fully saturated rings. The second kappa shape index (κ2) is 7.65. The first-order chi connectivity index (χ1) is 11.3. The van der Waals surface area contributed by atoms with E-state index in [4.69, 9.17) is 0 Å². The molecule has 8 nitrogen and oxygen atoms in total. The zero-order chi connectivity index (χ0) is 17.9. The number of likely N-dealkylation sites (tertiary alicyclic amines) is 1. The largest absolute Gasteiger partial charge is 0.358 e. The number of urea groups is 1. The second-order valence-electron chi connectivity index (χ2n) is 6.57. The van der Waals surface area contributed by atoms with Crippen molar-refractivity contribution in [3.63, 3.8) is 0 Å². The van der Waals surface area contributed by atoms with Gasteiger partial charge in [0.05, 0.1) is 0 Å². The van der Waals surface area contributed by atoms with Crippen LogP contribution in [0, 0.1) is 6.92 Å². The fourth-order valence-electron chi connectivity index (χ4n) is 2.86. The molecule has 1 aliphatic rings. The summed E-state index contributed by atoms with van der Waals surface area (Å²) in [6.45, 7) is 8.24. The molecule has 2 rings (SSSR count). The lowest BCUT2D eigenvalue weighted by Crippen LogP contribution is -2.42. The summed E-state index contributed by atoms with van der Waals surface area (Å²) in [6, 6.07) is 2.30. The molecule has 1 atom stereocenters. The molecule has 2 heterocycles. The number of nitrogens with one attached hydrogen (secondary N) is 2. The van der Waals surface area contributed by atoms with Crippen molar-refractivity contribution in [2.24, 2.45) is 0 Å². The number of carbonyl (C=O) groups is 2. The van der Waals surface area contributed by atoms with Gasteiger partial charge in [-0.2, -0.15) is 5.10 Å². The minimum Gasteiger partial charge on any atom is -0.358 e. The summed E-state index contributed by atoms with van der Waals surface area (Å²) in [7, 11) is 3.40. The van der Waals surface area contributed by atoms with E-state index in [9.17, 15) is 9.59 Å². The van der Waals surface area contributed by atoms with Crippen molar-refractivity contribution in [1.82, 2.24) is 24.9 Å². The van der Waals surface area contributed by atoms with Gasteiger partial charge in [0, 0.05) is 51.0 Å². The summed E-state index contributed by atoms with van der Waals surface area (Å²) >= 11 is 0. The molecule has 3 amide bonds. The Morgan fingerprint density at radius 3 is 2.75 bits per heavy atom. The highest BCUT2D eigenvalue weighted by molar-refractivity contribution is 5.88. The Kier molecular flexibility index (Phi) is 5.82. The van der Waals surface area contributed by atoms with E-state index in [0.717, 1.165) is 25.2 Å². The highest BCUT2D eigenvalue weighted by Crippen LogP contribution is 2.18. The molecule has 1 aliphatic heterocycles. The molecule has 24 heavy (non-hydrogen) atoms. The van der Waals surface area contributed by atoms with Crippen LogP contribution in [-0.4, -0.2) is 70.8 Å². The molecule has 0 radical (unpaired) electrons. The van der Waals surface area contributed by atoms with Gasteiger partial charge in [-0.1, -0.05) is 0 Å². The quantitative estimate of drug-likeness (QED) is 0.836. The highest BCUT2D eigenvalue weighted by atomic mass is 16.2. The van der Waals surface area contributed by atoms with E-state index < -0.39 is 0 Å². The number of anilines is 1. The van der Waals surface area contributed by atoms with Crippen molar-refractivity contribution in [3.8, 4) is 0 Å². The Balaban J connectivity index is 1.94. The molecular weight excluding hydrogens is 308 g/mol. The summed E-state index contributed by atoms with van der Waals surface area (Å²) in [4.78, 5) is 28.0. The highest BCUT2D eigenvalue weighted by Gasteiger charge is 2.29. The van der Waals surface area contributed by atoms with Gasteiger partial charge in [0.25, 0.3) is 0 Å². The van der Waals surface area contributed by atoms with Gasteiger partial charge in [0.15, 0.2) is 5.82 Å². The van der Waals surface area contributed by atoms with Crippen LogP contribution in [0.1, 0.15) is 26.0 Å². The van der Waals surface area contributed by atoms with Gasteiger partial charge in [-0.3, -0.25) is 19.7 Å². The Labute approximate surface area is 143 Å². The fourth-order valence-corrected chi connectivity index (χ4v) is 2.86. The molecule has 2 N–H and O–H groups in total. The predicted molar refractivity (Wildman–Crippen MR) is 92.9 cm³/mol. The normalized spacial score (nSPS) is 18.0. The zero-order valence-corrected chi connectivity index (χ0v) is 15.2. The van der Waals surface area contributed by atoms with E-state index >= 15 is 0 Å². The number of carbonyl (C=O) groups excluding carboxylic acids is 2. The third-order valence-electron chi connectivity index (χ3n) is 4.58. The van der Waals surface area contributed by atoms with E-state index in [1.807, 2.05) is 14.0 Å². The molecule has 8 heteroatoms. The van der Waals surface area contributed by atoms with Gasteiger partial charge < -0.3 is 10.2 Å². The van der Waals surface area contributed by atoms with E-state index in [-0.39, 0.29) is 24.5 Å². The van der Waals surface area contributed by atoms with Crippen LogP contribution in [0.3, 0.4) is 0 Å². The fraction of sp³-hybridized carbons (Fsp3) is 0.688. The summed E-state index contributed by atoms with van der Waals surface area (Å²) in [5.74, 6) is 0.336. The monoisotopic (exact) mass is 336 g/mol. The van der Waals surface area contributed by atoms with Crippen molar-refractivity contribution in [2.45, 2.75) is 45.8 Å². The molecule has 0 spiro atoms. The standard InChI is InChI=1S/C16H28N6O2/c1-11(2)21-7-6-13(9-21)20(5)16(24)18-14-8-12(3)22(19-14)10-15(23)17-4/h8,11,13H,6-7,9-10H2,1-5H3,(H,17,23)(H,18,19,24). The minimum atomic E-state index is -0.171. The summed E-state index contributed by atoms with van der Waals surface area (Å²) < 4.78 is 1.57. The van der Waals surface area contributed by atoms with E-state index in [1.165, 1.54) is 0 Å². The van der Waals surface area contributed by atoms with Crippen LogP contribution in [0.25, 0.3) is 0 Å². The van der Waals surface area contributed by atoms with Crippen LogP contribution in [-0.2, 0) is 11.3 Å². The lowest BCUT2D eigenvalue weighted by Gasteiger charge is -2.26. The maximum Gasteiger partial charge on any atom is 0.323 e. The van der Waals surface area contributed by atoms with E-state index in [0.29, 0.717) is 11.9 Å². The van der Waals surface area contributed by atoms with Crippen molar-refractivity contribution in [3.05, 3.63) is 11.8 Å². The molecule has 0 aromatic carbocycles. The van der Waals surface area contributed by atoms with E-state index in [2.05, 4.69) is 34.5 Å². The number of hydrogen-bond donors (Lipinski definition) is 2. The zero-order valence-electron chi connectivity index (χ0n) is 15.2. The average Bonchev–Trinajstić information content (AvgIpc) is 3.14. The van der Waals surface area contributed by atoms with Gasteiger partial charge >= 0.3 is 6.03 Å². The van der Waals surface area contributed by atoms with Crippen LogP contribution in [0.15, 0.2) is 6.07 Å². The van der Waals surface area contributed by atoms with Crippen molar-refractivity contribution in [2.75, 3.05) is 32.5 Å². The van der Waals surface area contributed by atoms with Gasteiger partial charge in [-0.25, -0.2) is 4.79 Å². The van der Waals surface area contributed by atoms with Gasteiger partial charge in [-0.15, -0.1) is 0 Å². The molecule has 0 bridgehead atoms. The van der Waals surface area contributed by atoms with Crippen LogP contribution in [0.2, 0.25) is 0 Å². The number of nitrogens with zero attached hydrogens (tertiary/aromatic N) is 4. The molecule has 1 aromatic heterocycles. The third-order valence-corrected chi connectivity index (χ3v) is 4.58. The average molecular weight is 336 g/mol. The Bertz CT molecular complexity index is 597. The van der Waals surface area contributed by atoms with Crippen LogP contribution >= 0.6 is 0 Å². The van der Waals surface area contributed by atoms with E-state index in [1.54, 1.807) is 22.7 Å². The number of likely N-dealkylation sites (N-methyl/N-ethyl adjacent to an activating group) is 2. The van der Waals surface area contributed by atoms with Gasteiger partial charge in [0.1, 0.15) is 6.54 Å². The van der Waals surface area contributed by atoms with Crippen LogP contribution < -0.4 is 10.6 Å². The maximum atomic E-state index is 12.4. The molecule has 1 unspecified atom stereocenters. The SMILES string of the molecule is CNC(=O)Cn1nc(NC(=O)N(C)C2CCN(C(C)C)C2)cc1C. The summed E-state index contributed by atoms with van der Waals surface area (Å²) in [5.41, 5.74) is 0.823. The van der Waals surface area contributed by atoms with Gasteiger partial charge in [0.2, 0.25) is 5.91 Å². The smallest absolute Gasteiger partial charge is 0.323 e. The molecular formula is C16H28N6O2. The topological polar surface area (TPSA) is 82.5 Å². The Morgan fingerprint density at radius 2 is 2.17 bits per heavy atom. The Morgan fingerprint density at radius 1 is 1.46 bits per heavy atom. The number of aryl methyl sites for hydroxylation is 1. The second-order valence-corrected chi connectivity index (χ2v) is 6.57. The molecule has 0 aliphatic carbocycles. The summed E-state index contributed by atoms with van der Waals surface area (Å²) in [5, 5.41) is 9.66. The third kappa shape index (κ3) is 4.25. The van der Waals surface area contributed by atoms with Gasteiger partial charge in [-0.05, 0) is 27.2 Å². The lowest BCUT2D eigenvalue weighted by molar-refractivity contribution is -0.121. The van der Waals surface area contributed by atoms with Crippen molar-refractivity contribution >= 4 is 17.8 Å². The molecule has 134 valence electrons. The first-order valence-electron chi connectivity index (χ1n) is 8.34. The minimum absolute atomic E-state index is 0.129. The van der Waals surface area contributed by atoms with Crippen LogP contribution in [0.4, 0.5) is 10.6 Å². The number of aromatic nitrogens is 2. The Hall–Kier alpha value is -2.09. The number of hydrogen-bond acceptors (Lipinski definition) is 4. The number of amides is 3. The summed E-state index contributed by atoms with van der Waals surface area (Å²) in [6.07, 6.45) is 0.978. The van der Waals surface area contributed by atoms with Crippen molar-refractivity contribution in [1.29, 1.82) is 0 Å². The predicted octanol–water partition coefficient (Wildman–Crippen LogP) is 0.884.